The van der Waals surface area contributed by atoms with Gasteiger partial charge in [-0.25, -0.2) is 0 Å². The Bertz CT molecular complexity index is 320. The maximum absolute atomic E-state index is 5.39. The Balaban J connectivity index is 2.01. The van der Waals surface area contributed by atoms with Crippen molar-refractivity contribution in [2.24, 2.45) is 0 Å². The molecule has 1 aromatic rings. The summed E-state index contributed by atoms with van der Waals surface area (Å²) in [6, 6.07) is 11.0. The molecule has 0 atom stereocenters. The lowest BCUT2D eigenvalue weighted by molar-refractivity contribution is 0.0457. The molecule has 0 bridgehead atoms. The van der Waals surface area contributed by atoms with Gasteiger partial charge in [0, 0.05) is 13.1 Å². The van der Waals surface area contributed by atoms with Gasteiger partial charge in [-0.15, -0.1) is 0 Å². The van der Waals surface area contributed by atoms with Crippen molar-refractivity contribution < 1.29 is 4.74 Å². The zero-order chi connectivity index (χ0) is 11.4. The summed E-state index contributed by atoms with van der Waals surface area (Å²) in [5.41, 5.74) is 0. The maximum Gasteiger partial charge on any atom is 0.0948 e. The number of hydrogen-bond donors (Lipinski definition) is 0. The Kier molecular flexibility index (Phi) is 3.79. The third kappa shape index (κ3) is 2.94. The molecule has 0 aromatic heterocycles. The van der Waals surface area contributed by atoms with E-state index in [0.29, 0.717) is 0 Å². The number of benzene rings is 1. The highest BCUT2D eigenvalue weighted by molar-refractivity contribution is 6.89. The zero-order valence-corrected chi connectivity index (χ0v) is 11.3. The van der Waals surface area contributed by atoms with Crippen LogP contribution in [0.4, 0.5) is 0 Å². The first-order valence-corrected chi connectivity index (χ1v) is 9.25. The van der Waals surface area contributed by atoms with E-state index in [0.717, 1.165) is 26.3 Å². The summed E-state index contributed by atoms with van der Waals surface area (Å²) in [5.74, 6) is 0. The fourth-order valence-electron chi connectivity index (χ4n) is 2.30. The van der Waals surface area contributed by atoms with Crippen molar-refractivity contribution in [1.29, 1.82) is 0 Å². The van der Waals surface area contributed by atoms with Crippen LogP contribution in [0.5, 0.6) is 0 Å². The zero-order valence-electron chi connectivity index (χ0n) is 10.3. The minimum Gasteiger partial charge on any atom is -0.379 e. The predicted octanol–water partition coefficient (Wildman–Crippen LogP) is 1.47. The molecule has 3 heteroatoms. The van der Waals surface area contributed by atoms with E-state index in [-0.39, 0.29) is 0 Å². The number of rotatable bonds is 3. The summed E-state index contributed by atoms with van der Waals surface area (Å²) in [4.78, 5) is 2.56. The van der Waals surface area contributed by atoms with Gasteiger partial charge in [0.1, 0.15) is 0 Å². The second-order valence-electron chi connectivity index (χ2n) is 5.14. The predicted molar refractivity (Wildman–Crippen MR) is 70.8 cm³/mol. The van der Waals surface area contributed by atoms with Gasteiger partial charge < -0.3 is 9.64 Å². The maximum atomic E-state index is 5.39. The molecule has 1 saturated heterocycles. The fourth-order valence-corrected chi connectivity index (χ4v) is 5.01. The van der Waals surface area contributed by atoms with Crippen LogP contribution in [0.1, 0.15) is 0 Å². The third-order valence-electron chi connectivity index (χ3n) is 3.28. The van der Waals surface area contributed by atoms with Gasteiger partial charge in [0.25, 0.3) is 0 Å². The molecule has 0 N–H and O–H groups in total. The molecule has 0 spiro atoms. The van der Waals surface area contributed by atoms with Crippen molar-refractivity contribution in [3.8, 4) is 0 Å². The first kappa shape index (κ1) is 11.8. The monoisotopic (exact) mass is 235 g/mol. The van der Waals surface area contributed by atoms with E-state index < -0.39 is 8.07 Å². The summed E-state index contributed by atoms with van der Waals surface area (Å²) in [5, 5.41) is 1.56. The second kappa shape index (κ2) is 5.12. The quantitative estimate of drug-likeness (QED) is 0.736. The summed E-state index contributed by atoms with van der Waals surface area (Å²) in [6.45, 7) is 8.92. The molecule has 2 rings (SSSR count). The van der Waals surface area contributed by atoms with Crippen molar-refractivity contribution in [3.05, 3.63) is 30.3 Å². The van der Waals surface area contributed by atoms with Crippen molar-refractivity contribution in [2.75, 3.05) is 32.5 Å². The average Bonchev–Trinajstić information content (AvgIpc) is 2.31. The third-order valence-corrected chi connectivity index (χ3v) is 6.41. The van der Waals surface area contributed by atoms with Gasteiger partial charge in [0.05, 0.1) is 21.3 Å². The Morgan fingerprint density at radius 3 is 2.38 bits per heavy atom. The normalized spacial score (nSPS) is 18.6. The van der Waals surface area contributed by atoms with Crippen LogP contribution in [-0.2, 0) is 4.74 Å². The molecular formula is C13H21NOSi. The van der Waals surface area contributed by atoms with Gasteiger partial charge in [0.15, 0.2) is 0 Å². The first-order chi connectivity index (χ1) is 7.68. The van der Waals surface area contributed by atoms with Gasteiger partial charge in [-0.2, -0.15) is 0 Å². The Labute approximate surface area is 99.2 Å². The van der Waals surface area contributed by atoms with Crippen LogP contribution < -0.4 is 5.19 Å². The van der Waals surface area contributed by atoms with Crippen LogP contribution in [0.3, 0.4) is 0 Å². The summed E-state index contributed by atoms with van der Waals surface area (Å²) in [7, 11) is -1.30. The number of nitrogens with zero attached hydrogens (tertiary/aromatic N) is 1. The van der Waals surface area contributed by atoms with Crippen LogP contribution in [0, 0.1) is 0 Å². The summed E-state index contributed by atoms with van der Waals surface area (Å²) >= 11 is 0. The van der Waals surface area contributed by atoms with Gasteiger partial charge in [-0.05, 0) is 6.17 Å². The van der Waals surface area contributed by atoms with Gasteiger partial charge in [0.2, 0.25) is 0 Å². The number of morpholine rings is 1. The average molecular weight is 235 g/mol. The van der Waals surface area contributed by atoms with E-state index in [2.05, 4.69) is 48.3 Å². The van der Waals surface area contributed by atoms with Crippen LogP contribution in [0.15, 0.2) is 30.3 Å². The van der Waals surface area contributed by atoms with E-state index in [1.807, 2.05) is 0 Å². The fraction of sp³-hybridized carbons (Fsp3) is 0.538. The second-order valence-corrected chi connectivity index (χ2v) is 9.80. The van der Waals surface area contributed by atoms with E-state index in [4.69, 9.17) is 4.74 Å². The molecule has 0 radical (unpaired) electrons. The smallest absolute Gasteiger partial charge is 0.0948 e. The highest BCUT2D eigenvalue weighted by atomic mass is 28.3. The van der Waals surface area contributed by atoms with Crippen LogP contribution in [-0.4, -0.2) is 45.4 Å². The molecule has 0 unspecified atom stereocenters. The highest BCUT2D eigenvalue weighted by Gasteiger charge is 2.26. The molecule has 1 aliphatic rings. The topological polar surface area (TPSA) is 12.5 Å². The molecule has 16 heavy (non-hydrogen) atoms. The molecule has 0 aliphatic carbocycles. The molecule has 0 amide bonds. The van der Waals surface area contributed by atoms with Crippen molar-refractivity contribution in [2.45, 2.75) is 13.1 Å². The summed E-state index contributed by atoms with van der Waals surface area (Å²) in [6.07, 6.45) is 1.25. The van der Waals surface area contributed by atoms with E-state index in [1.54, 1.807) is 5.19 Å². The highest BCUT2D eigenvalue weighted by Crippen LogP contribution is 2.08. The van der Waals surface area contributed by atoms with Crippen molar-refractivity contribution >= 4 is 13.3 Å². The number of hydrogen-bond acceptors (Lipinski definition) is 2. The lowest BCUT2D eigenvalue weighted by Gasteiger charge is -2.33. The molecule has 0 saturated carbocycles. The van der Waals surface area contributed by atoms with Gasteiger partial charge in [-0.1, -0.05) is 48.6 Å². The molecule has 1 aliphatic heterocycles. The molecule has 2 nitrogen and oxygen atoms in total. The minimum absolute atomic E-state index is 0.902. The standard InChI is InChI=1S/C13H21NOSi/c1-16(2,13-6-4-3-5-7-13)12-14-8-10-15-11-9-14/h3-7H,8-12H2,1-2H3. The van der Waals surface area contributed by atoms with Crippen molar-refractivity contribution in [1.82, 2.24) is 4.90 Å². The van der Waals surface area contributed by atoms with Gasteiger partial charge in [-0.3, -0.25) is 0 Å². The van der Waals surface area contributed by atoms with Gasteiger partial charge >= 0.3 is 0 Å². The molecule has 88 valence electrons. The SMILES string of the molecule is C[Si](C)(CN1CCOCC1)c1ccccc1. The van der Waals surface area contributed by atoms with E-state index in [9.17, 15) is 0 Å². The number of ether oxygens (including phenoxy) is 1. The Morgan fingerprint density at radius 1 is 1.12 bits per heavy atom. The lowest BCUT2D eigenvalue weighted by Crippen LogP contribution is -2.54. The largest absolute Gasteiger partial charge is 0.379 e. The Hall–Kier alpha value is -0.643. The molecule has 1 aromatic carbocycles. The van der Waals surface area contributed by atoms with E-state index in [1.165, 1.54) is 6.17 Å². The molecular weight excluding hydrogens is 214 g/mol. The first-order valence-electron chi connectivity index (χ1n) is 6.04. The van der Waals surface area contributed by atoms with Crippen LogP contribution in [0.2, 0.25) is 13.1 Å². The van der Waals surface area contributed by atoms with Crippen LogP contribution >= 0.6 is 0 Å². The molecule has 1 heterocycles. The van der Waals surface area contributed by atoms with Crippen molar-refractivity contribution in [3.63, 3.8) is 0 Å². The molecule has 1 fully saturated rings. The van der Waals surface area contributed by atoms with E-state index >= 15 is 0 Å². The lowest BCUT2D eigenvalue weighted by atomic mass is 10.4. The minimum atomic E-state index is -1.30. The Morgan fingerprint density at radius 2 is 1.75 bits per heavy atom. The summed E-state index contributed by atoms with van der Waals surface area (Å²) < 4.78 is 5.39. The van der Waals surface area contributed by atoms with Crippen LogP contribution in [0.25, 0.3) is 0 Å².